The Morgan fingerprint density at radius 3 is 2.24 bits per heavy atom. The Bertz CT molecular complexity index is 932. The number of rotatable bonds is 17. The summed E-state index contributed by atoms with van der Waals surface area (Å²) >= 11 is 0. The standard InChI is InChI=1S/C24H43N9O5/c1-5-14(4)19(22(36)32-18(23(37)38)9-13(2)3)33-21(35)17(7-6-8-29-24(26)27)31-20(34)16(25)10-15-11-28-12-30-15/h11-14,16-19H,5-10,25H2,1-4H3,(H,28,30)(H,31,34)(H,32,36)(H,33,35)(H,37,38)(H4,26,27,29). The van der Waals surface area contributed by atoms with Gasteiger partial charge in [0.05, 0.1) is 12.4 Å². The number of carboxylic acids is 1. The lowest BCUT2D eigenvalue weighted by molar-refractivity contribution is -0.143. The van der Waals surface area contributed by atoms with Crippen molar-refractivity contribution in [2.75, 3.05) is 6.54 Å². The number of carbonyl (C=O) groups is 4. The molecule has 0 saturated heterocycles. The highest BCUT2D eigenvalue weighted by molar-refractivity contribution is 5.94. The zero-order valence-corrected chi connectivity index (χ0v) is 22.6. The highest BCUT2D eigenvalue weighted by Crippen LogP contribution is 2.12. The van der Waals surface area contributed by atoms with Gasteiger partial charge in [-0.15, -0.1) is 0 Å². The molecule has 1 aromatic heterocycles. The molecule has 14 nitrogen and oxygen atoms in total. The lowest BCUT2D eigenvalue weighted by atomic mass is 9.96. The van der Waals surface area contributed by atoms with Crippen LogP contribution < -0.4 is 33.2 Å². The van der Waals surface area contributed by atoms with Crippen LogP contribution in [0.5, 0.6) is 0 Å². The number of amides is 3. The molecule has 3 amide bonds. The summed E-state index contributed by atoms with van der Waals surface area (Å²) < 4.78 is 0. The van der Waals surface area contributed by atoms with E-state index in [-0.39, 0.29) is 43.6 Å². The van der Waals surface area contributed by atoms with Crippen molar-refractivity contribution in [3.8, 4) is 0 Å². The van der Waals surface area contributed by atoms with Crippen LogP contribution in [-0.4, -0.2) is 75.4 Å². The van der Waals surface area contributed by atoms with Crippen molar-refractivity contribution < 1.29 is 24.3 Å². The molecule has 0 bridgehead atoms. The minimum absolute atomic E-state index is 0.0313. The quantitative estimate of drug-likeness (QED) is 0.0686. The van der Waals surface area contributed by atoms with Crippen LogP contribution in [0.4, 0.5) is 0 Å². The van der Waals surface area contributed by atoms with Crippen LogP contribution in [0.15, 0.2) is 17.5 Å². The first-order valence-electron chi connectivity index (χ1n) is 12.8. The highest BCUT2D eigenvalue weighted by Gasteiger charge is 2.32. The molecule has 0 fully saturated rings. The number of imidazole rings is 1. The summed E-state index contributed by atoms with van der Waals surface area (Å²) in [6, 6.07) is -4.10. The van der Waals surface area contributed by atoms with Gasteiger partial charge in [0, 0.05) is 24.9 Å². The number of H-pyrrole nitrogens is 1. The van der Waals surface area contributed by atoms with Gasteiger partial charge in [-0.2, -0.15) is 0 Å². The molecule has 0 aromatic carbocycles. The first-order valence-corrected chi connectivity index (χ1v) is 12.8. The van der Waals surface area contributed by atoms with Crippen molar-refractivity contribution in [3.05, 3.63) is 18.2 Å². The molecule has 5 unspecified atom stereocenters. The lowest BCUT2D eigenvalue weighted by Crippen LogP contribution is -2.58. The molecule has 1 heterocycles. The van der Waals surface area contributed by atoms with Crippen molar-refractivity contribution in [2.45, 2.75) is 84.0 Å². The van der Waals surface area contributed by atoms with Gasteiger partial charge in [-0.25, -0.2) is 9.78 Å². The number of nitrogens with one attached hydrogen (secondary N) is 4. The Labute approximate surface area is 223 Å². The third kappa shape index (κ3) is 11.6. The molecule has 38 heavy (non-hydrogen) atoms. The summed E-state index contributed by atoms with van der Waals surface area (Å²) in [6.07, 6.45) is 4.50. The average molecular weight is 538 g/mol. The van der Waals surface area contributed by atoms with Gasteiger partial charge < -0.3 is 43.2 Å². The molecule has 1 aromatic rings. The molecule has 0 aliphatic rings. The molecule has 0 aliphatic carbocycles. The predicted molar refractivity (Wildman–Crippen MR) is 143 cm³/mol. The van der Waals surface area contributed by atoms with E-state index in [0.717, 1.165) is 0 Å². The van der Waals surface area contributed by atoms with Gasteiger partial charge >= 0.3 is 5.97 Å². The maximum atomic E-state index is 13.3. The van der Waals surface area contributed by atoms with Crippen molar-refractivity contribution in [1.82, 2.24) is 25.9 Å². The molecule has 5 atom stereocenters. The van der Waals surface area contributed by atoms with E-state index in [1.165, 1.54) is 6.33 Å². The smallest absolute Gasteiger partial charge is 0.326 e. The number of nitrogens with two attached hydrogens (primary N) is 3. The van der Waals surface area contributed by atoms with Crippen molar-refractivity contribution >= 4 is 29.7 Å². The number of nitrogens with zero attached hydrogens (tertiary/aromatic N) is 2. The largest absolute Gasteiger partial charge is 0.480 e. The van der Waals surface area contributed by atoms with Gasteiger partial charge in [0.15, 0.2) is 5.96 Å². The maximum absolute atomic E-state index is 13.3. The molecular weight excluding hydrogens is 494 g/mol. The molecule has 214 valence electrons. The maximum Gasteiger partial charge on any atom is 0.326 e. The van der Waals surface area contributed by atoms with Crippen LogP contribution in [0.1, 0.15) is 59.1 Å². The summed E-state index contributed by atoms with van der Waals surface area (Å²) in [6.45, 7) is 7.55. The molecule has 0 spiro atoms. The third-order valence-electron chi connectivity index (χ3n) is 6.02. The molecule has 0 radical (unpaired) electrons. The number of aromatic amines is 1. The number of aliphatic imine (C=N–C) groups is 1. The van der Waals surface area contributed by atoms with Gasteiger partial charge in [-0.1, -0.05) is 34.1 Å². The van der Waals surface area contributed by atoms with Crippen molar-refractivity contribution in [1.29, 1.82) is 0 Å². The Kier molecular flexibility index (Phi) is 13.8. The van der Waals surface area contributed by atoms with E-state index in [4.69, 9.17) is 17.2 Å². The Balaban J connectivity index is 3.03. The van der Waals surface area contributed by atoms with Crippen molar-refractivity contribution in [2.24, 2.45) is 34.0 Å². The number of guanidine groups is 1. The Hall–Kier alpha value is -3.68. The zero-order valence-electron chi connectivity index (χ0n) is 22.6. The minimum Gasteiger partial charge on any atom is -0.480 e. The van der Waals surface area contributed by atoms with E-state index in [1.807, 2.05) is 20.8 Å². The molecule has 11 N–H and O–H groups in total. The van der Waals surface area contributed by atoms with E-state index >= 15 is 0 Å². The van der Waals surface area contributed by atoms with E-state index in [9.17, 15) is 24.3 Å². The number of carbonyl (C=O) groups excluding carboxylic acids is 3. The van der Waals surface area contributed by atoms with Crippen LogP contribution in [-0.2, 0) is 25.6 Å². The van der Waals surface area contributed by atoms with Crippen LogP contribution in [0.25, 0.3) is 0 Å². The second-order valence-corrected chi connectivity index (χ2v) is 9.80. The van der Waals surface area contributed by atoms with E-state index in [0.29, 0.717) is 18.5 Å². The van der Waals surface area contributed by atoms with Crippen LogP contribution in [0, 0.1) is 11.8 Å². The van der Waals surface area contributed by atoms with Crippen LogP contribution in [0.2, 0.25) is 0 Å². The molecule has 14 heteroatoms. The van der Waals surface area contributed by atoms with Gasteiger partial charge in [0.1, 0.15) is 18.1 Å². The summed E-state index contributed by atoms with van der Waals surface area (Å²) in [4.78, 5) is 61.5. The minimum atomic E-state index is -1.16. The Morgan fingerprint density at radius 2 is 1.71 bits per heavy atom. The fourth-order valence-electron chi connectivity index (χ4n) is 3.69. The molecule has 1 rings (SSSR count). The highest BCUT2D eigenvalue weighted by atomic mass is 16.4. The predicted octanol–water partition coefficient (Wildman–Crippen LogP) is -1.04. The van der Waals surface area contributed by atoms with Crippen LogP contribution in [0.3, 0.4) is 0 Å². The molecule has 0 aliphatic heterocycles. The number of aromatic nitrogens is 2. The fraction of sp³-hybridized carbons (Fsp3) is 0.667. The second-order valence-electron chi connectivity index (χ2n) is 9.80. The average Bonchev–Trinajstić information content (AvgIpc) is 3.35. The number of hydrogen-bond acceptors (Lipinski definition) is 7. The summed E-state index contributed by atoms with van der Waals surface area (Å²) in [7, 11) is 0. The lowest BCUT2D eigenvalue weighted by Gasteiger charge is -2.28. The van der Waals surface area contributed by atoms with Gasteiger partial charge in [0.25, 0.3) is 0 Å². The topological polar surface area (TPSA) is 244 Å². The van der Waals surface area contributed by atoms with Gasteiger partial charge in [-0.05, 0) is 31.1 Å². The Morgan fingerprint density at radius 1 is 1.05 bits per heavy atom. The van der Waals surface area contributed by atoms with E-state index < -0.39 is 47.9 Å². The van der Waals surface area contributed by atoms with Crippen molar-refractivity contribution in [3.63, 3.8) is 0 Å². The second kappa shape index (κ2) is 16.2. The number of aliphatic carboxylic acids is 1. The van der Waals surface area contributed by atoms with E-state index in [2.05, 4.69) is 30.9 Å². The monoisotopic (exact) mass is 537 g/mol. The molecule has 0 saturated carbocycles. The normalized spacial score (nSPS) is 15.0. The van der Waals surface area contributed by atoms with E-state index in [1.54, 1.807) is 13.1 Å². The first-order chi connectivity index (χ1) is 17.8. The fourth-order valence-corrected chi connectivity index (χ4v) is 3.69. The third-order valence-corrected chi connectivity index (χ3v) is 6.02. The molecular formula is C24H43N9O5. The van der Waals surface area contributed by atoms with Gasteiger partial charge in [-0.3, -0.25) is 19.4 Å². The summed E-state index contributed by atoms with van der Waals surface area (Å²) in [5.41, 5.74) is 17.4. The number of carboxylic acid groups (broad SMARTS) is 1. The van der Waals surface area contributed by atoms with Crippen LogP contribution >= 0.6 is 0 Å². The summed E-state index contributed by atoms with van der Waals surface area (Å²) in [5, 5.41) is 17.4. The first kappa shape index (κ1) is 32.3. The zero-order chi connectivity index (χ0) is 28.8. The number of hydrogen-bond donors (Lipinski definition) is 8. The van der Waals surface area contributed by atoms with Gasteiger partial charge in [0.2, 0.25) is 17.7 Å². The SMILES string of the molecule is CCC(C)C(NC(=O)C(CCCN=C(N)N)NC(=O)C(N)Cc1cnc[nH]1)C(=O)NC(CC(C)C)C(=O)O. The summed E-state index contributed by atoms with van der Waals surface area (Å²) in [5.74, 6) is -3.31.